The average molecular weight is 532 g/mol. The number of halogens is 6. The first-order valence-corrected chi connectivity index (χ1v) is 12.0. The summed E-state index contributed by atoms with van der Waals surface area (Å²) in [7, 11) is 0. The van der Waals surface area contributed by atoms with Crippen molar-refractivity contribution < 1.29 is 26.3 Å². The highest BCUT2D eigenvalue weighted by Crippen LogP contribution is 2.39. The van der Waals surface area contributed by atoms with Crippen LogP contribution in [0.4, 0.5) is 37.8 Å². The van der Waals surface area contributed by atoms with E-state index in [0.717, 1.165) is 59.6 Å². The summed E-state index contributed by atoms with van der Waals surface area (Å²) < 4.78 is 79.4. The number of nitrogens with one attached hydrogen (secondary N) is 1. The van der Waals surface area contributed by atoms with E-state index in [9.17, 15) is 26.3 Å². The van der Waals surface area contributed by atoms with Crippen LogP contribution in [0.25, 0.3) is 22.4 Å². The molecule has 38 heavy (non-hydrogen) atoms. The fourth-order valence-electron chi connectivity index (χ4n) is 4.02. The van der Waals surface area contributed by atoms with Crippen LogP contribution >= 0.6 is 0 Å². The van der Waals surface area contributed by atoms with E-state index in [1.165, 1.54) is 12.4 Å². The summed E-state index contributed by atoms with van der Waals surface area (Å²) in [5.74, 6) is 0.429. The smallest absolute Gasteiger partial charge is 0.340 e. The third-order valence-electron chi connectivity index (χ3n) is 5.84. The maximum Gasteiger partial charge on any atom is 0.416 e. The molecule has 1 aromatic heterocycles. The van der Waals surface area contributed by atoms with Crippen molar-refractivity contribution in [1.82, 2.24) is 9.97 Å². The van der Waals surface area contributed by atoms with Gasteiger partial charge in [0.25, 0.3) is 0 Å². The number of hydrogen-bond acceptors (Lipinski definition) is 3. The molecule has 0 saturated carbocycles. The average Bonchev–Trinajstić information content (AvgIpc) is 2.89. The van der Waals surface area contributed by atoms with Crippen LogP contribution in [-0.2, 0) is 18.8 Å². The first-order chi connectivity index (χ1) is 18.0. The molecule has 3 aromatic carbocycles. The van der Waals surface area contributed by atoms with Crippen LogP contribution in [0.5, 0.6) is 0 Å². The third-order valence-corrected chi connectivity index (χ3v) is 5.84. The zero-order valence-corrected chi connectivity index (χ0v) is 21.3. The zero-order valence-electron chi connectivity index (χ0n) is 21.3. The second kappa shape index (κ2) is 11.7. The van der Waals surface area contributed by atoms with Gasteiger partial charge in [0.2, 0.25) is 0 Å². The summed E-state index contributed by atoms with van der Waals surface area (Å²) >= 11 is 0. The van der Waals surface area contributed by atoms with Crippen molar-refractivity contribution >= 4 is 11.5 Å². The lowest BCUT2D eigenvalue weighted by molar-refractivity contribution is -0.138. The molecule has 1 N–H and O–H groups in total. The Kier molecular flexibility index (Phi) is 8.81. The Morgan fingerprint density at radius 3 is 1.97 bits per heavy atom. The predicted octanol–water partition coefficient (Wildman–Crippen LogP) is 9.49. The quantitative estimate of drug-likeness (QED) is 0.261. The Morgan fingerprint density at radius 2 is 1.37 bits per heavy atom. The number of hydrogen-bond donors (Lipinski definition) is 1. The van der Waals surface area contributed by atoms with E-state index >= 15 is 0 Å². The third kappa shape index (κ3) is 6.51. The summed E-state index contributed by atoms with van der Waals surface area (Å²) in [6.45, 7) is 8.02. The SMILES string of the molecule is CC.CCc1c(C)cccc1Nc1cc(-c2ccc(C(F)(F)F)cc2-c2ccc(C(F)(F)F)cc2)ncn1. The fourth-order valence-corrected chi connectivity index (χ4v) is 4.02. The normalized spacial score (nSPS) is 11.5. The molecule has 200 valence electrons. The molecule has 0 spiro atoms. The van der Waals surface area contributed by atoms with Crippen LogP contribution in [0, 0.1) is 6.92 Å². The molecule has 9 heteroatoms. The van der Waals surface area contributed by atoms with E-state index in [-0.39, 0.29) is 11.1 Å². The molecule has 4 aromatic rings. The van der Waals surface area contributed by atoms with Crippen LogP contribution in [0.1, 0.15) is 43.0 Å². The molecule has 4 rings (SSSR count). The lowest BCUT2D eigenvalue weighted by Crippen LogP contribution is -2.06. The minimum atomic E-state index is -4.63. The van der Waals surface area contributed by atoms with Crippen LogP contribution in [0.15, 0.2) is 73.1 Å². The Hall–Kier alpha value is -3.88. The van der Waals surface area contributed by atoms with E-state index in [1.54, 1.807) is 6.07 Å². The van der Waals surface area contributed by atoms with Gasteiger partial charge in [-0.1, -0.05) is 51.1 Å². The number of alkyl halides is 6. The van der Waals surface area contributed by atoms with Crippen molar-refractivity contribution in [2.45, 2.75) is 46.5 Å². The van der Waals surface area contributed by atoms with E-state index in [4.69, 9.17) is 0 Å². The Labute approximate surface area is 217 Å². The van der Waals surface area contributed by atoms with Crippen molar-refractivity contribution in [2.75, 3.05) is 5.32 Å². The lowest BCUT2D eigenvalue weighted by Gasteiger charge is -2.16. The van der Waals surface area contributed by atoms with Gasteiger partial charge >= 0.3 is 12.4 Å². The number of aromatic nitrogens is 2. The van der Waals surface area contributed by atoms with Gasteiger partial charge in [-0.3, -0.25) is 0 Å². The highest BCUT2D eigenvalue weighted by atomic mass is 19.4. The Morgan fingerprint density at radius 1 is 0.737 bits per heavy atom. The number of benzene rings is 3. The van der Waals surface area contributed by atoms with E-state index in [0.29, 0.717) is 17.1 Å². The summed E-state index contributed by atoms with van der Waals surface area (Å²) in [4.78, 5) is 8.47. The molecule has 0 aliphatic rings. The molecule has 0 saturated heterocycles. The van der Waals surface area contributed by atoms with Gasteiger partial charge in [0.1, 0.15) is 12.1 Å². The van der Waals surface area contributed by atoms with Gasteiger partial charge in [-0.2, -0.15) is 26.3 Å². The van der Waals surface area contributed by atoms with Crippen molar-refractivity contribution in [3.63, 3.8) is 0 Å². The number of aryl methyl sites for hydroxylation is 1. The molecule has 0 aliphatic heterocycles. The molecule has 0 unspecified atom stereocenters. The summed E-state index contributed by atoms with van der Waals surface area (Å²) in [5.41, 5.74) is 2.19. The predicted molar refractivity (Wildman–Crippen MR) is 138 cm³/mol. The number of nitrogens with zero attached hydrogens (tertiary/aromatic N) is 2. The monoisotopic (exact) mass is 531 g/mol. The van der Waals surface area contributed by atoms with Gasteiger partial charge in [-0.15, -0.1) is 0 Å². The van der Waals surface area contributed by atoms with Crippen LogP contribution in [0.3, 0.4) is 0 Å². The molecule has 0 atom stereocenters. The number of rotatable bonds is 5. The molecule has 0 fully saturated rings. The molecule has 0 aliphatic carbocycles. The summed E-state index contributed by atoms with van der Waals surface area (Å²) in [6.07, 6.45) is -7.12. The van der Waals surface area contributed by atoms with Crippen LogP contribution in [0.2, 0.25) is 0 Å². The van der Waals surface area contributed by atoms with E-state index in [2.05, 4.69) is 15.3 Å². The van der Waals surface area contributed by atoms with Gasteiger partial charge in [0.15, 0.2) is 0 Å². The van der Waals surface area contributed by atoms with Crippen molar-refractivity contribution in [3.05, 3.63) is 95.3 Å². The Bertz CT molecular complexity index is 1380. The minimum Gasteiger partial charge on any atom is -0.340 e. The number of anilines is 2. The second-order valence-electron chi connectivity index (χ2n) is 8.20. The minimum absolute atomic E-state index is 0.105. The molecular weight excluding hydrogens is 504 g/mol. The Balaban J connectivity index is 0.00000195. The molecule has 0 bridgehead atoms. The summed E-state index contributed by atoms with van der Waals surface area (Å²) in [6, 6.07) is 14.5. The van der Waals surface area contributed by atoms with Gasteiger partial charge in [-0.25, -0.2) is 9.97 Å². The van der Waals surface area contributed by atoms with Crippen molar-refractivity contribution in [2.24, 2.45) is 0 Å². The fraction of sp³-hybridized carbons (Fsp3) is 0.241. The first kappa shape index (κ1) is 28.7. The van der Waals surface area contributed by atoms with Gasteiger partial charge < -0.3 is 5.32 Å². The molecule has 1 heterocycles. The van der Waals surface area contributed by atoms with Gasteiger partial charge in [0, 0.05) is 17.3 Å². The lowest BCUT2D eigenvalue weighted by atomic mass is 9.94. The maximum absolute atomic E-state index is 13.5. The van der Waals surface area contributed by atoms with E-state index in [1.807, 2.05) is 45.9 Å². The largest absolute Gasteiger partial charge is 0.416 e. The first-order valence-electron chi connectivity index (χ1n) is 12.0. The topological polar surface area (TPSA) is 37.8 Å². The van der Waals surface area contributed by atoms with Crippen molar-refractivity contribution in [3.8, 4) is 22.4 Å². The van der Waals surface area contributed by atoms with Gasteiger partial charge in [0.05, 0.1) is 16.8 Å². The molecular formula is C29H27F6N3. The van der Waals surface area contributed by atoms with Crippen LogP contribution in [-0.4, -0.2) is 9.97 Å². The van der Waals surface area contributed by atoms with Gasteiger partial charge in [-0.05, 0) is 65.9 Å². The molecule has 0 radical (unpaired) electrons. The molecule has 3 nitrogen and oxygen atoms in total. The van der Waals surface area contributed by atoms with Crippen molar-refractivity contribution in [1.29, 1.82) is 0 Å². The standard InChI is InChI=1S/C27H21F6N3.C2H6/c1-3-20-16(2)5-4-6-23(20)36-25-14-24(34-15-35-25)21-12-11-19(27(31,32)33)13-22(21)17-7-9-18(10-8-17)26(28,29)30;1-2/h4-15H,3H2,1-2H3,(H,34,35,36);1-2H3. The molecule has 0 amide bonds. The van der Waals surface area contributed by atoms with Crippen LogP contribution < -0.4 is 5.32 Å². The van der Waals surface area contributed by atoms with E-state index < -0.39 is 23.5 Å². The maximum atomic E-state index is 13.5. The summed E-state index contributed by atoms with van der Waals surface area (Å²) in [5, 5.41) is 3.24. The zero-order chi connectivity index (χ0) is 28.1. The second-order valence-corrected chi connectivity index (χ2v) is 8.20. The highest BCUT2D eigenvalue weighted by Gasteiger charge is 2.32. The highest BCUT2D eigenvalue weighted by molar-refractivity contribution is 5.83.